The predicted molar refractivity (Wildman–Crippen MR) is 103 cm³/mol. The maximum atomic E-state index is 13.0. The molecule has 0 saturated carbocycles. The van der Waals surface area contributed by atoms with Crippen LogP contribution >= 0.6 is 0 Å². The highest BCUT2D eigenvalue weighted by Crippen LogP contribution is 2.38. The van der Waals surface area contributed by atoms with Crippen LogP contribution in [0.3, 0.4) is 0 Å². The van der Waals surface area contributed by atoms with E-state index in [4.69, 9.17) is 4.74 Å². The van der Waals surface area contributed by atoms with E-state index < -0.39 is 11.2 Å². The Bertz CT molecular complexity index is 891. The van der Waals surface area contributed by atoms with E-state index in [0.717, 1.165) is 0 Å². The number of nitrogens with zero attached hydrogens (tertiary/aromatic N) is 1. The molecule has 0 aromatic heterocycles. The lowest BCUT2D eigenvalue weighted by atomic mass is 9.93. The molecule has 2 aromatic carbocycles. The van der Waals surface area contributed by atoms with Crippen LogP contribution < -0.4 is 15.0 Å². The van der Waals surface area contributed by atoms with E-state index >= 15 is 0 Å². The van der Waals surface area contributed by atoms with Gasteiger partial charge in [-0.1, -0.05) is 6.08 Å². The summed E-state index contributed by atoms with van der Waals surface area (Å²) in [7, 11) is 0. The third kappa shape index (κ3) is 3.84. The zero-order valence-corrected chi connectivity index (χ0v) is 15.3. The van der Waals surface area contributed by atoms with Crippen LogP contribution in [0.1, 0.15) is 24.2 Å². The summed E-state index contributed by atoms with van der Waals surface area (Å²) in [5.41, 5.74) is 0.815. The molecule has 140 valence electrons. The Morgan fingerprint density at radius 2 is 2.00 bits per heavy atom. The van der Waals surface area contributed by atoms with Crippen molar-refractivity contribution in [2.45, 2.75) is 13.8 Å². The van der Waals surface area contributed by atoms with Crippen LogP contribution in [0.5, 0.6) is 5.75 Å². The van der Waals surface area contributed by atoms with Crippen molar-refractivity contribution in [3.8, 4) is 5.75 Å². The first-order valence-corrected chi connectivity index (χ1v) is 8.58. The van der Waals surface area contributed by atoms with Crippen molar-refractivity contribution < 1.29 is 18.7 Å². The molecule has 0 radical (unpaired) electrons. The molecule has 0 spiro atoms. The average Bonchev–Trinajstić information content (AvgIpc) is 2.73. The van der Waals surface area contributed by atoms with Crippen LogP contribution in [0.4, 0.5) is 15.8 Å². The second-order valence-electron chi connectivity index (χ2n) is 7.02. The third-order valence-electron chi connectivity index (χ3n) is 4.34. The number of halogens is 1. The van der Waals surface area contributed by atoms with E-state index in [1.165, 1.54) is 24.3 Å². The summed E-state index contributed by atoms with van der Waals surface area (Å²) in [5.74, 6) is -0.306. The molecule has 1 heterocycles. The first kappa shape index (κ1) is 18.6. The Labute approximate surface area is 157 Å². The molecule has 0 atom stereocenters. The highest BCUT2D eigenvalue weighted by molar-refractivity contribution is 6.05. The number of amides is 2. The van der Waals surface area contributed by atoms with E-state index in [0.29, 0.717) is 29.2 Å². The van der Waals surface area contributed by atoms with Crippen LogP contribution in [-0.4, -0.2) is 25.0 Å². The predicted octanol–water partition coefficient (Wildman–Crippen LogP) is 4.02. The van der Waals surface area contributed by atoms with Gasteiger partial charge >= 0.3 is 0 Å². The maximum Gasteiger partial charge on any atom is 0.255 e. The normalized spacial score (nSPS) is 15.4. The largest absolute Gasteiger partial charge is 0.490 e. The first-order valence-electron chi connectivity index (χ1n) is 8.58. The molecule has 1 aliphatic heterocycles. The molecular weight excluding hydrogens is 347 g/mol. The number of fused-ring (bicyclic) bond motifs is 1. The number of carbonyl (C=O) groups excluding carboxylic acids is 2. The molecule has 0 fully saturated rings. The fourth-order valence-corrected chi connectivity index (χ4v) is 2.84. The molecule has 2 amide bonds. The van der Waals surface area contributed by atoms with Gasteiger partial charge in [0, 0.05) is 23.9 Å². The molecule has 1 N–H and O–H groups in total. The standard InChI is InChI=1S/C21H21FN2O3/c1-4-11-24-17-10-9-16(12-18(17)27-13-21(2,3)20(24)26)23-19(25)14-5-7-15(22)8-6-14/h4-10,12H,1,11,13H2,2-3H3,(H,23,25). The van der Waals surface area contributed by atoms with Crippen LogP contribution in [0.15, 0.2) is 55.1 Å². The molecule has 5 nitrogen and oxygen atoms in total. The molecular formula is C21H21FN2O3. The van der Waals surface area contributed by atoms with E-state index in [-0.39, 0.29) is 18.4 Å². The van der Waals surface area contributed by atoms with Gasteiger partial charge in [0.25, 0.3) is 5.91 Å². The Hall–Kier alpha value is -3.15. The van der Waals surface area contributed by atoms with Crippen molar-refractivity contribution in [3.63, 3.8) is 0 Å². The van der Waals surface area contributed by atoms with Gasteiger partial charge in [-0.15, -0.1) is 6.58 Å². The van der Waals surface area contributed by atoms with Gasteiger partial charge in [0.2, 0.25) is 5.91 Å². The van der Waals surface area contributed by atoms with Gasteiger partial charge in [-0.25, -0.2) is 4.39 Å². The lowest BCUT2D eigenvalue weighted by Gasteiger charge is -2.27. The number of nitrogens with one attached hydrogen (secondary N) is 1. The van der Waals surface area contributed by atoms with Crippen molar-refractivity contribution in [1.29, 1.82) is 0 Å². The quantitative estimate of drug-likeness (QED) is 0.830. The molecule has 3 rings (SSSR count). The summed E-state index contributed by atoms with van der Waals surface area (Å²) < 4.78 is 18.9. The van der Waals surface area contributed by atoms with Gasteiger partial charge < -0.3 is 15.0 Å². The van der Waals surface area contributed by atoms with E-state index in [2.05, 4.69) is 11.9 Å². The second-order valence-corrected chi connectivity index (χ2v) is 7.02. The lowest BCUT2D eigenvalue weighted by molar-refractivity contribution is -0.127. The van der Waals surface area contributed by atoms with Crippen molar-refractivity contribution >= 4 is 23.2 Å². The van der Waals surface area contributed by atoms with Gasteiger partial charge in [-0.2, -0.15) is 0 Å². The topological polar surface area (TPSA) is 58.6 Å². The highest BCUT2D eigenvalue weighted by Gasteiger charge is 2.37. The van der Waals surface area contributed by atoms with Crippen molar-refractivity contribution in [3.05, 3.63) is 66.5 Å². The SMILES string of the molecule is C=CCN1C(=O)C(C)(C)COc2cc(NC(=O)c3ccc(F)cc3)ccc21. The fourth-order valence-electron chi connectivity index (χ4n) is 2.84. The Morgan fingerprint density at radius 3 is 2.67 bits per heavy atom. The monoisotopic (exact) mass is 368 g/mol. The molecule has 1 aliphatic rings. The number of rotatable bonds is 4. The molecule has 6 heteroatoms. The average molecular weight is 368 g/mol. The summed E-state index contributed by atoms with van der Waals surface area (Å²) in [6.45, 7) is 7.96. The summed E-state index contributed by atoms with van der Waals surface area (Å²) in [5, 5.41) is 2.76. The summed E-state index contributed by atoms with van der Waals surface area (Å²) in [4.78, 5) is 26.7. The summed E-state index contributed by atoms with van der Waals surface area (Å²) >= 11 is 0. The third-order valence-corrected chi connectivity index (χ3v) is 4.34. The van der Waals surface area contributed by atoms with Gasteiger partial charge in [0.1, 0.15) is 18.2 Å². The van der Waals surface area contributed by atoms with E-state index in [1.54, 1.807) is 29.2 Å². The highest BCUT2D eigenvalue weighted by atomic mass is 19.1. The van der Waals surface area contributed by atoms with Crippen LogP contribution in [-0.2, 0) is 4.79 Å². The zero-order valence-electron chi connectivity index (χ0n) is 15.3. The number of benzene rings is 2. The number of hydrogen-bond acceptors (Lipinski definition) is 3. The van der Waals surface area contributed by atoms with Crippen molar-refractivity contribution in [2.75, 3.05) is 23.4 Å². The van der Waals surface area contributed by atoms with Gasteiger partial charge in [-0.05, 0) is 50.2 Å². The Kier molecular flexibility index (Phi) is 4.99. The summed E-state index contributed by atoms with van der Waals surface area (Å²) in [6.07, 6.45) is 1.66. The fraction of sp³-hybridized carbons (Fsp3) is 0.238. The minimum Gasteiger partial charge on any atom is -0.490 e. The van der Waals surface area contributed by atoms with Crippen LogP contribution in [0, 0.1) is 11.2 Å². The van der Waals surface area contributed by atoms with E-state index in [1.807, 2.05) is 13.8 Å². The first-order chi connectivity index (χ1) is 12.8. The van der Waals surface area contributed by atoms with Gasteiger partial charge in [0.05, 0.1) is 11.1 Å². The van der Waals surface area contributed by atoms with Crippen molar-refractivity contribution in [1.82, 2.24) is 0 Å². The molecule has 0 bridgehead atoms. The number of anilines is 2. The molecule has 0 saturated heterocycles. The number of ether oxygens (including phenoxy) is 1. The molecule has 27 heavy (non-hydrogen) atoms. The Morgan fingerprint density at radius 1 is 1.30 bits per heavy atom. The number of hydrogen-bond donors (Lipinski definition) is 1. The summed E-state index contributed by atoms with van der Waals surface area (Å²) in [6, 6.07) is 10.4. The van der Waals surface area contributed by atoms with Gasteiger partial charge in [-0.3, -0.25) is 9.59 Å². The Balaban J connectivity index is 1.89. The molecule has 0 aliphatic carbocycles. The zero-order chi connectivity index (χ0) is 19.6. The molecule has 0 unspecified atom stereocenters. The van der Waals surface area contributed by atoms with Crippen LogP contribution in [0.2, 0.25) is 0 Å². The minimum absolute atomic E-state index is 0.0516. The van der Waals surface area contributed by atoms with Gasteiger partial charge in [0.15, 0.2) is 0 Å². The second kappa shape index (κ2) is 7.23. The minimum atomic E-state index is -0.681. The van der Waals surface area contributed by atoms with Crippen LogP contribution in [0.25, 0.3) is 0 Å². The lowest BCUT2D eigenvalue weighted by Crippen LogP contribution is -2.42. The smallest absolute Gasteiger partial charge is 0.255 e. The molecule has 2 aromatic rings. The van der Waals surface area contributed by atoms with Crippen molar-refractivity contribution in [2.24, 2.45) is 5.41 Å². The van der Waals surface area contributed by atoms with E-state index in [9.17, 15) is 14.0 Å². The number of carbonyl (C=O) groups is 2. The maximum absolute atomic E-state index is 13.0.